The molecule has 0 saturated heterocycles. The summed E-state index contributed by atoms with van der Waals surface area (Å²) in [6.45, 7) is 8.65. The molecule has 0 fully saturated rings. The molecule has 26 heavy (non-hydrogen) atoms. The Bertz CT molecular complexity index is 592. The molecule has 2 aliphatic carbocycles. The Morgan fingerprint density at radius 1 is 0.846 bits per heavy atom. The molecule has 0 saturated carbocycles. The molecule has 0 bridgehead atoms. The molecule has 0 spiro atoms. The molecule has 1 unspecified atom stereocenters. The van der Waals surface area contributed by atoms with E-state index in [0.717, 1.165) is 0 Å². The second-order valence-electron chi connectivity index (χ2n) is 6.63. The van der Waals surface area contributed by atoms with Gasteiger partial charge in [0.2, 0.25) is 0 Å². The third-order valence-electron chi connectivity index (χ3n) is 4.58. The van der Waals surface area contributed by atoms with Crippen molar-refractivity contribution in [2.24, 2.45) is 5.92 Å². The summed E-state index contributed by atoms with van der Waals surface area (Å²) in [5.74, 6) is 0.630. The minimum absolute atomic E-state index is 0. The molecule has 1 atom stereocenters. The number of hydrogen-bond donors (Lipinski definition) is 0. The maximum absolute atomic E-state index is 3.50. The van der Waals surface area contributed by atoms with E-state index in [4.69, 9.17) is 0 Å². The Morgan fingerprint density at radius 2 is 1.27 bits per heavy atom. The molecule has 0 heterocycles. The van der Waals surface area contributed by atoms with E-state index in [-0.39, 0.29) is 41.1 Å². The van der Waals surface area contributed by atoms with Crippen molar-refractivity contribution >= 4 is 0 Å². The van der Waals surface area contributed by atoms with E-state index >= 15 is 0 Å². The fourth-order valence-corrected chi connectivity index (χ4v) is 3.27. The topological polar surface area (TPSA) is 0 Å². The monoisotopic (exact) mass is 425 g/mol. The second kappa shape index (κ2) is 14.2. The zero-order valence-electron chi connectivity index (χ0n) is 17.5. The van der Waals surface area contributed by atoms with E-state index in [1.807, 2.05) is 24.3 Å². The van der Waals surface area contributed by atoms with Gasteiger partial charge in [-0.1, -0.05) is 52.9 Å². The van der Waals surface area contributed by atoms with Crippen LogP contribution in [0.1, 0.15) is 50.7 Å². The Labute approximate surface area is 182 Å². The quantitative estimate of drug-likeness (QED) is 0.381. The van der Waals surface area contributed by atoms with Crippen LogP contribution in [0.4, 0.5) is 0 Å². The van der Waals surface area contributed by atoms with Crippen molar-refractivity contribution in [3.63, 3.8) is 0 Å². The van der Waals surface area contributed by atoms with Gasteiger partial charge in [-0.25, -0.2) is 29.8 Å². The zero-order valence-corrected chi connectivity index (χ0v) is 20.0. The molecule has 2 aromatic carbocycles. The minimum atomic E-state index is 0. The predicted octanol–water partition coefficient (Wildman–Crippen LogP) is 7.58. The second-order valence-corrected chi connectivity index (χ2v) is 6.63. The van der Waals surface area contributed by atoms with E-state index in [1.165, 1.54) is 42.4 Å². The molecule has 0 nitrogen and oxygen atoms in total. The van der Waals surface area contributed by atoms with Gasteiger partial charge in [-0.05, 0) is 6.42 Å². The van der Waals surface area contributed by atoms with Crippen molar-refractivity contribution < 1.29 is 26.2 Å². The maximum atomic E-state index is 3.50. The molecule has 2 aliphatic rings. The third kappa shape index (κ3) is 8.63. The van der Waals surface area contributed by atoms with Crippen LogP contribution in [-0.4, -0.2) is 0 Å². The fourth-order valence-electron chi connectivity index (χ4n) is 3.27. The van der Waals surface area contributed by atoms with Gasteiger partial charge in [-0.3, -0.25) is 6.08 Å². The maximum Gasteiger partial charge on any atom is 0 e. The van der Waals surface area contributed by atoms with Crippen LogP contribution in [0.2, 0.25) is 0 Å². The van der Waals surface area contributed by atoms with Crippen molar-refractivity contribution in [3.05, 3.63) is 97.3 Å². The van der Waals surface area contributed by atoms with E-state index in [1.54, 1.807) is 11.1 Å². The largest absolute Gasteiger partial charge is 0.358 e. The molecule has 0 radical (unpaired) electrons. The van der Waals surface area contributed by atoms with Gasteiger partial charge in [-0.15, -0.1) is 0 Å². The van der Waals surface area contributed by atoms with E-state index in [0.29, 0.717) is 5.92 Å². The molecular formula is C25H35Zr-5. The van der Waals surface area contributed by atoms with Gasteiger partial charge in [0.25, 0.3) is 0 Å². The summed E-state index contributed by atoms with van der Waals surface area (Å²) >= 11 is 0. The minimum Gasteiger partial charge on any atom is -0.358 e. The van der Waals surface area contributed by atoms with E-state index in [9.17, 15) is 0 Å². The van der Waals surface area contributed by atoms with Crippen molar-refractivity contribution in [1.82, 2.24) is 0 Å². The third-order valence-corrected chi connectivity index (χ3v) is 4.58. The first kappa shape index (κ1) is 27.3. The fraction of sp³-hybridized carbons (Fsp3) is 0.360. The summed E-state index contributed by atoms with van der Waals surface area (Å²) in [6, 6.07) is 16.5. The van der Waals surface area contributed by atoms with E-state index in [2.05, 4.69) is 58.0 Å². The summed E-state index contributed by atoms with van der Waals surface area (Å²) in [6.07, 6.45) is 8.95. The first-order chi connectivity index (χ1) is 11.1. The Kier molecular flexibility index (Phi) is 14.9. The number of allylic oxidation sites excluding steroid dienone is 4. The molecule has 0 aromatic heterocycles. The number of rotatable bonds is 0. The standard InChI is InChI=1S/C11H15.2C6H7.2CH3.Zr/c1-8-7-9(2)11-6-4-3-5-10(8)11;2*1-6-4-2-3-5-6;;;/h8H,3-6H2,1-2H3;2*2-5H,1H3;2*1H3;/q5*-1;. The van der Waals surface area contributed by atoms with Crippen LogP contribution in [0, 0.1) is 40.7 Å². The summed E-state index contributed by atoms with van der Waals surface area (Å²) in [5, 5.41) is 0. The first-order valence-electron chi connectivity index (χ1n) is 8.77. The van der Waals surface area contributed by atoms with E-state index < -0.39 is 0 Å². The van der Waals surface area contributed by atoms with Gasteiger partial charge in [0.05, 0.1) is 0 Å². The molecule has 0 N–H and O–H groups in total. The molecule has 144 valence electrons. The van der Waals surface area contributed by atoms with Gasteiger partial charge < -0.3 is 14.9 Å². The molecule has 0 amide bonds. The van der Waals surface area contributed by atoms with Crippen molar-refractivity contribution in [2.45, 2.75) is 53.4 Å². The SMILES string of the molecule is CC1=[C-]C(C)C2=C1CCCC2.C[c-]1cccc1.C[c-]1cccc1.[CH3-].[CH3-].[Zr]. The first-order valence-corrected chi connectivity index (χ1v) is 8.77. The molecule has 4 rings (SSSR count). The molecule has 2 aromatic rings. The Hall–Kier alpha value is -0.937. The van der Waals surface area contributed by atoms with Crippen molar-refractivity contribution in [1.29, 1.82) is 0 Å². The summed E-state index contributed by atoms with van der Waals surface area (Å²) in [5.41, 5.74) is 7.45. The number of aryl methyl sites for hydroxylation is 2. The van der Waals surface area contributed by atoms with Gasteiger partial charge in [-0.2, -0.15) is 46.5 Å². The average Bonchev–Trinajstić information content (AvgIpc) is 3.26. The van der Waals surface area contributed by atoms with Crippen LogP contribution in [0.3, 0.4) is 0 Å². The van der Waals surface area contributed by atoms with Gasteiger partial charge in [0.15, 0.2) is 0 Å². The smallest absolute Gasteiger partial charge is 0 e. The normalized spacial score (nSPS) is 16.9. The van der Waals surface area contributed by atoms with Crippen LogP contribution < -0.4 is 0 Å². The van der Waals surface area contributed by atoms with Crippen molar-refractivity contribution in [2.75, 3.05) is 0 Å². The van der Waals surface area contributed by atoms with Gasteiger partial charge in [0.1, 0.15) is 0 Å². The Morgan fingerprint density at radius 3 is 1.62 bits per heavy atom. The van der Waals surface area contributed by atoms with Gasteiger partial charge >= 0.3 is 0 Å². The summed E-state index contributed by atoms with van der Waals surface area (Å²) in [7, 11) is 0. The average molecular weight is 427 g/mol. The summed E-state index contributed by atoms with van der Waals surface area (Å²) < 4.78 is 0. The van der Waals surface area contributed by atoms with Crippen LogP contribution in [-0.2, 0) is 26.2 Å². The molecule has 1 heteroatoms. The molecule has 0 aliphatic heterocycles. The van der Waals surface area contributed by atoms with Crippen LogP contribution in [0.15, 0.2) is 65.3 Å². The van der Waals surface area contributed by atoms with Crippen LogP contribution in [0.5, 0.6) is 0 Å². The van der Waals surface area contributed by atoms with Gasteiger partial charge in [0, 0.05) is 26.2 Å². The zero-order chi connectivity index (χ0) is 16.7. The van der Waals surface area contributed by atoms with Crippen LogP contribution in [0.25, 0.3) is 0 Å². The predicted molar refractivity (Wildman–Crippen MR) is 113 cm³/mol. The van der Waals surface area contributed by atoms with Crippen LogP contribution >= 0.6 is 0 Å². The van der Waals surface area contributed by atoms with Crippen molar-refractivity contribution in [3.8, 4) is 0 Å². The molecular weight excluding hydrogens is 391 g/mol. The number of hydrogen-bond acceptors (Lipinski definition) is 0. The summed E-state index contributed by atoms with van der Waals surface area (Å²) in [4.78, 5) is 0. The Balaban J connectivity index is 0.